The second kappa shape index (κ2) is 5.11. The van der Waals surface area contributed by atoms with Crippen LogP contribution >= 0.6 is 27.5 Å². The van der Waals surface area contributed by atoms with Gasteiger partial charge in [-0.3, -0.25) is 4.57 Å². The minimum Gasteiger partial charge on any atom is -0.399 e. The van der Waals surface area contributed by atoms with E-state index in [0.29, 0.717) is 5.02 Å². The van der Waals surface area contributed by atoms with E-state index < -0.39 is 0 Å². The fourth-order valence-corrected chi connectivity index (χ4v) is 2.93. The zero-order chi connectivity index (χ0) is 14.3. The number of aromatic nitrogens is 2. The third kappa shape index (κ3) is 2.09. The number of nitrogens with two attached hydrogens (primary N) is 1. The highest BCUT2D eigenvalue weighted by atomic mass is 79.9. The minimum absolute atomic E-state index is 0.682. The van der Waals surface area contributed by atoms with Crippen LogP contribution in [0.3, 0.4) is 0 Å². The van der Waals surface area contributed by atoms with E-state index in [1.165, 1.54) is 0 Å². The summed E-state index contributed by atoms with van der Waals surface area (Å²) in [6, 6.07) is 11.6. The number of hydrogen-bond acceptors (Lipinski definition) is 2. The molecule has 3 aromatic rings. The summed E-state index contributed by atoms with van der Waals surface area (Å²) in [4.78, 5) is 4.66. The first-order valence-corrected chi connectivity index (χ1v) is 7.50. The predicted molar refractivity (Wildman–Crippen MR) is 87.6 cm³/mol. The molecule has 0 bridgehead atoms. The van der Waals surface area contributed by atoms with E-state index in [9.17, 15) is 0 Å². The van der Waals surface area contributed by atoms with E-state index in [2.05, 4.69) is 32.4 Å². The van der Waals surface area contributed by atoms with E-state index in [1.807, 2.05) is 36.4 Å². The topological polar surface area (TPSA) is 43.8 Å². The zero-order valence-corrected chi connectivity index (χ0v) is 13.2. The van der Waals surface area contributed by atoms with Crippen molar-refractivity contribution in [3.63, 3.8) is 0 Å². The third-order valence-electron chi connectivity index (χ3n) is 3.24. The van der Waals surface area contributed by atoms with E-state index in [0.717, 1.165) is 39.1 Å². The van der Waals surface area contributed by atoms with E-state index in [4.69, 9.17) is 17.3 Å². The van der Waals surface area contributed by atoms with Crippen LogP contribution in [0.1, 0.15) is 12.7 Å². The highest BCUT2D eigenvalue weighted by Gasteiger charge is 2.14. The summed E-state index contributed by atoms with van der Waals surface area (Å²) >= 11 is 9.76. The fraction of sp³-hybridized carbons (Fsp3) is 0.133. The maximum atomic E-state index is 6.20. The number of hydrogen-bond donors (Lipinski definition) is 1. The number of imidazole rings is 1. The lowest BCUT2D eigenvalue weighted by molar-refractivity contribution is 0.905. The predicted octanol–water partition coefficient (Wildman–Crippen LogP) is 4.59. The standard InChI is InChI=1S/C15H13BrClN3/c1-2-14-19-11-8-9(18)6-7-12(11)20(14)13-5-3-4-10(17)15(13)16/h3-8H,2,18H2,1H3. The Kier molecular flexibility index (Phi) is 3.44. The van der Waals surface area contributed by atoms with Crippen molar-refractivity contribution in [2.45, 2.75) is 13.3 Å². The lowest BCUT2D eigenvalue weighted by Gasteiger charge is -2.11. The summed E-state index contributed by atoms with van der Waals surface area (Å²) in [5.41, 5.74) is 9.47. The monoisotopic (exact) mass is 349 g/mol. The number of anilines is 1. The number of nitrogen functional groups attached to an aromatic ring is 1. The third-order valence-corrected chi connectivity index (χ3v) is 4.61. The number of aryl methyl sites for hydroxylation is 1. The first-order chi connectivity index (χ1) is 9.61. The zero-order valence-electron chi connectivity index (χ0n) is 10.9. The number of halogens is 2. The molecule has 0 aliphatic rings. The van der Waals surface area contributed by atoms with Crippen LogP contribution in [0.5, 0.6) is 0 Å². The van der Waals surface area contributed by atoms with Gasteiger partial charge in [0.25, 0.3) is 0 Å². The quantitative estimate of drug-likeness (QED) is 0.687. The normalized spacial score (nSPS) is 11.2. The lowest BCUT2D eigenvalue weighted by Crippen LogP contribution is -2.01. The Morgan fingerprint density at radius 3 is 2.85 bits per heavy atom. The van der Waals surface area contributed by atoms with Gasteiger partial charge in [-0.25, -0.2) is 4.98 Å². The number of benzene rings is 2. The SMILES string of the molecule is CCc1nc2cc(N)ccc2n1-c1cccc(Cl)c1Br. The van der Waals surface area contributed by atoms with Crippen LogP contribution in [0, 0.1) is 0 Å². The van der Waals surface area contributed by atoms with Crippen molar-refractivity contribution < 1.29 is 0 Å². The minimum atomic E-state index is 0.682. The number of rotatable bonds is 2. The Morgan fingerprint density at radius 2 is 2.10 bits per heavy atom. The molecule has 0 radical (unpaired) electrons. The molecule has 1 aromatic heterocycles. The second-order valence-electron chi connectivity index (χ2n) is 4.54. The van der Waals surface area contributed by atoms with Crippen molar-refractivity contribution in [1.82, 2.24) is 9.55 Å². The highest BCUT2D eigenvalue weighted by Crippen LogP contribution is 2.32. The average Bonchev–Trinajstić information content (AvgIpc) is 2.79. The van der Waals surface area contributed by atoms with Gasteiger partial charge in [-0.15, -0.1) is 0 Å². The summed E-state index contributed by atoms with van der Waals surface area (Å²) in [7, 11) is 0. The van der Waals surface area contributed by atoms with Crippen LogP contribution in [0.15, 0.2) is 40.9 Å². The van der Waals surface area contributed by atoms with E-state index in [-0.39, 0.29) is 0 Å². The van der Waals surface area contributed by atoms with Crippen molar-refractivity contribution >= 4 is 44.3 Å². The Hall–Kier alpha value is -1.52. The molecule has 0 saturated heterocycles. The summed E-state index contributed by atoms with van der Waals surface area (Å²) in [6.07, 6.45) is 0.827. The summed E-state index contributed by atoms with van der Waals surface area (Å²) in [5, 5.41) is 0.682. The molecular formula is C15H13BrClN3. The molecule has 0 spiro atoms. The number of fused-ring (bicyclic) bond motifs is 1. The highest BCUT2D eigenvalue weighted by molar-refractivity contribution is 9.10. The van der Waals surface area contributed by atoms with Gasteiger partial charge < -0.3 is 5.73 Å². The average molecular weight is 351 g/mol. The number of nitrogens with zero attached hydrogens (tertiary/aromatic N) is 2. The van der Waals surface area contributed by atoms with Gasteiger partial charge in [-0.1, -0.05) is 24.6 Å². The molecule has 3 nitrogen and oxygen atoms in total. The molecule has 102 valence electrons. The van der Waals surface area contributed by atoms with E-state index >= 15 is 0 Å². The molecule has 0 fully saturated rings. The summed E-state index contributed by atoms with van der Waals surface area (Å²) in [6.45, 7) is 2.08. The Bertz CT molecular complexity index is 795. The maximum Gasteiger partial charge on any atom is 0.114 e. The molecule has 0 aliphatic heterocycles. The molecule has 0 amide bonds. The molecule has 0 atom stereocenters. The van der Waals surface area contributed by atoms with Crippen molar-refractivity contribution in [2.75, 3.05) is 5.73 Å². The molecule has 0 aliphatic carbocycles. The molecule has 2 N–H and O–H groups in total. The van der Waals surface area contributed by atoms with Crippen molar-refractivity contribution in [3.05, 3.63) is 51.7 Å². The molecule has 3 rings (SSSR count). The molecule has 0 saturated carbocycles. The van der Waals surface area contributed by atoms with Crippen LogP contribution in [0.2, 0.25) is 5.02 Å². The first-order valence-electron chi connectivity index (χ1n) is 6.33. The Morgan fingerprint density at radius 1 is 1.30 bits per heavy atom. The van der Waals surface area contributed by atoms with Crippen LogP contribution in [-0.4, -0.2) is 9.55 Å². The van der Waals surface area contributed by atoms with Gasteiger partial charge in [-0.05, 0) is 46.3 Å². The van der Waals surface area contributed by atoms with Gasteiger partial charge in [0.1, 0.15) is 5.82 Å². The lowest BCUT2D eigenvalue weighted by atomic mass is 10.2. The van der Waals surface area contributed by atoms with Crippen LogP contribution < -0.4 is 5.73 Å². The largest absolute Gasteiger partial charge is 0.399 e. The fourth-order valence-electron chi connectivity index (χ4n) is 2.32. The molecule has 5 heteroatoms. The van der Waals surface area contributed by atoms with Gasteiger partial charge in [-0.2, -0.15) is 0 Å². The van der Waals surface area contributed by atoms with Crippen LogP contribution in [-0.2, 0) is 6.42 Å². The molecular weight excluding hydrogens is 338 g/mol. The Balaban J connectivity index is 2.37. The van der Waals surface area contributed by atoms with Gasteiger partial charge in [0, 0.05) is 12.1 Å². The molecule has 0 unspecified atom stereocenters. The maximum absolute atomic E-state index is 6.20. The molecule has 1 heterocycles. The van der Waals surface area contributed by atoms with Crippen LogP contribution in [0.25, 0.3) is 16.7 Å². The van der Waals surface area contributed by atoms with Crippen molar-refractivity contribution in [2.24, 2.45) is 0 Å². The van der Waals surface area contributed by atoms with Gasteiger partial charge in [0.05, 0.1) is 26.2 Å². The van der Waals surface area contributed by atoms with Gasteiger partial charge in [0.15, 0.2) is 0 Å². The molecule has 20 heavy (non-hydrogen) atoms. The first kappa shape index (κ1) is 13.5. The van der Waals surface area contributed by atoms with Crippen molar-refractivity contribution in [3.8, 4) is 5.69 Å². The van der Waals surface area contributed by atoms with Gasteiger partial charge >= 0.3 is 0 Å². The van der Waals surface area contributed by atoms with Gasteiger partial charge in [0.2, 0.25) is 0 Å². The Labute approximate surface area is 130 Å². The van der Waals surface area contributed by atoms with Crippen molar-refractivity contribution in [1.29, 1.82) is 0 Å². The second-order valence-corrected chi connectivity index (χ2v) is 5.74. The van der Waals surface area contributed by atoms with Crippen LogP contribution in [0.4, 0.5) is 5.69 Å². The summed E-state index contributed by atoms with van der Waals surface area (Å²) < 4.78 is 2.98. The summed E-state index contributed by atoms with van der Waals surface area (Å²) in [5.74, 6) is 0.980. The van der Waals surface area contributed by atoms with E-state index in [1.54, 1.807) is 0 Å². The molecule has 2 aromatic carbocycles. The smallest absolute Gasteiger partial charge is 0.114 e.